The van der Waals surface area contributed by atoms with Gasteiger partial charge in [-0.3, -0.25) is 4.79 Å². The highest BCUT2D eigenvalue weighted by atomic mass is 16.4. The van der Waals surface area contributed by atoms with E-state index in [2.05, 4.69) is 10.2 Å². The summed E-state index contributed by atoms with van der Waals surface area (Å²) in [6.45, 7) is 1.49. The van der Waals surface area contributed by atoms with Crippen LogP contribution in [-0.2, 0) is 4.79 Å². The number of nitrogens with two attached hydrogens (primary N) is 1. The highest BCUT2D eigenvalue weighted by Crippen LogP contribution is 2.32. The average molecular weight is 227 g/mol. The minimum atomic E-state index is -1.18. The molecule has 2 rings (SSSR count). The first-order valence-corrected chi connectivity index (χ1v) is 5.58. The fraction of sp³-hybridized carbons (Fsp3) is 0.800. The SMILES string of the molecule is NC(=O)C1(NC(=O)O)CCN(C2CC2)CC1. The Morgan fingerprint density at radius 3 is 2.25 bits per heavy atom. The summed E-state index contributed by atoms with van der Waals surface area (Å²) in [5.41, 5.74) is 4.25. The highest BCUT2D eigenvalue weighted by Gasteiger charge is 2.43. The number of carbonyl (C=O) groups is 2. The predicted molar refractivity (Wildman–Crippen MR) is 56.9 cm³/mol. The predicted octanol–water partition coefficient (Wildman–Crippen LogP) is -0.264. The van der Waals surface area contributed by atoms with Crippen molar-refractivity contribution in [3.8, 4) is 0 Å². The van der Waals surface area contributed by atoms with E-state index in [1.165, 1.54) is 12.8 Å². The van der Waals surface area contributed by atoms with Crippen LogP contribution < -0.4 is 11.1 Å². The Morgan fingerprint density at radius 1 is 1.31 bits per heavy atom. The van der Waals surface area contributed by atoms with E-state index in [9.17, 15) is 9.59 Å². The van der Waals surface area contributed by atoms with Crippen LogP contribution in [0.5, 0.6) is 0 Å². The number of carbonyl (C=O) groups excluding carboxylic acids is 1. The lowest BCUT2D eigenvalue weighted by molar-refractivity contribution is -0.126. The smallest absolute Gasteiger partial charge is 0.405 e. The average Bonchev–Trinajstić information content (AvgIpc) is 3.01. The molecular weight excluding hydrogens is 210 g/mol. The number of piperidine rings is 1. The minimum Gasteiger partial charge on any atom is -0.465 e. The summed E-state index contributed by atoms with van der Waals surface area (Å²) >= 11 is 0. The summed E-state index contributed by atoms with van der Waals surface area (Å²) < 4.78 is 0. The Balaban J connectivity index is 1.99. The summed E-state index contributed by atoms with van der Waals surface area (Å²) in [6, 6.07) is 0.649. The quantitative estimate of drug-likeness (QED) is 0.618. The van der Waals surface area contributed by atoms with Crippen LogP contribution in [0.3, 0.4) is 0 Å². The van der Waals surface area contributed by atoms with Gasteiger partial charge < -0.3 is 21.1 Å². The third kappa shape index (κ3) is 2.11. The molecule has 1 saturated carbocycles. The molecule has 6 heteroatoms. The number of hydrogen-bond acceptors (Lipinski definition) is 3. The van der Waals surface area contributed by atoms with Crippen molar-refractivity contribution in [3.63, 3.8) is 0 Å². The normalized spacial score (nSPS) is 25.0. The second kappa shape index (κ2) is 3.93. The van der Waals surface area contributed by atoms with Gasteiger partial charge in [0.15, 0.2) is 0 Å². The molecule has 1 aliphatic carbocycles. The van der Waals surface area contributed by atoms with Crippen LogP contribution in [0.1, 0.15) is 25.7 Å². The van der Waals surface area contributed by atoms with E-state index in [0.29, 0.717) is 18.9 Å². The van der Waals surface area contributed by atoms with Gasteiger partial charge in [0.1, 0.15) is 5.54 Å². The summed E-state index contributed by atoms with van der Waals surface area (Å²) in [5.74, 6) is -0.564. The summed E-state index contributed by atoms with van der Waals surface area (Å²) in [4.78, 5) is 24.4. The van der Waals surface area contributed by atoms with Crippen LogP contribution in [0.25, 0.3) is 0 Å². The zero-order valence-electron chi connectivity index (χ0n) is 9.11. The number of nitrogens with zero attached hydrogens (tertiary/aromatic N) is 1. The lowest BCUT2D eigenvalue weighted by Gasteiger charge is -2.39. The molecule has 0 aromatic heterocycles. The van der Waals surface area contributed by atoms with Gasteiger partial charge in [-0.1, -0.05) is 0 Å². The summed E-state index contributed by atoms with van der Waals surface area (Å²) in [6.07, 6.45) is 2.21. The molecule has 2 aliphatic rings. The number of hydrogen-bond donors (Lipinski definition) is 3. The van der Waals surface area contributed by atoms with Crippen molar-refractivity contribution in [3.05, 3.63) is 0 Å². The minimum absolute atomic E-state index is 0.477. The number of rotatable bonds is 3. The molecular formula is C10H17N3O3. The highest BCUT2D eigenvalue weighted by molar-refractivity contribution is 5.88. The molecule has 6 nitrogen and oxygen atoms in total. The van der Waals surface area contributed by atoms with Gasteiger partial charge in [0.05, 0.1) is 0 Å². The number of primary amides is 1. The van der Waals surface area contributed by atoms with Gasteiger partial charge in [0.2, 0.25) is 5.91 Å². The number of carboxylic acid groups (broad SMARTS) is 1. The molecule has 1 heterocycles. The van der Waals surface area contributed by atoms with Crippen molar-refractivity contribution in [2.45, 2.75) is 37.3 Å². The van der Waals surface area contributed by atoms with Gasteiger partial charge in [-0.05, 0) is 25.7 Å². The van der Waals surface area contributed by atoms with E-state index in [1.807, 2.05) is 0 Å². The van der Waals surface area contributed by atoms with E-state index in [0.717, 1.165) is 13.1 Å². The number of amides is 2. The molecule has 4 N–H and O–H groups in total. The lowest BCUT2D eigenvalue weighted by atomic mass is 9.86. The molecule has 1 saturated heterocycles. The molecule has 0 atom stereocenters. The summed E-state index contributed by atoms with van der Waals surface area (Å²) in [5, 5.41) is 11.0. The van der Waals surface area contributed by atoms with E-state index >= 15 is 0 Å². The van der Waals surface area contributed by atoms with Crippen LogP contribution in [0.2, 0.25) is 0 Å². The molecule has 2 fully saturated rings. The van der Waals surface area contributed by atoms with Gasteiger partial charge in [0, 0.05) is 19.1 Å². The lowest BCUT2D eigenvalue weighted by Crippen LogP contribution is -2.62. The first kappa shape index (κ1) is 11.2. The van der Waals surface area contributed by atoms with Crippen LogP contribution in [0.4, 0.5) is 4.79 Å². The van der Waals surface area contributed by atoms with Crippen molar-refractivity contribution in [1.82, 2.24) is 10.2 Å². The maximum absolute atomic E-state index is 11.4. The Labute approximate surface area is 93.8 Å². The van der Waals surface area contributed by atoms with E-state index in [1.54, 1.807) is 0 Å². The maximum Gasteiger partial charge on any atom is 0.405 e. The molecule has 0 spiro atoms. The van der Waals surface area contributed by atoms with Crippen molar-refractivity contribution in [2.24, 2.45) is 5.73 Å². The van der Waals surface area contributed by atoms with E-state index in [4.69, 9.17) is 10.8 Å². The zero-order chi connectivity index (χ0) is 11.8. The topological polar surface area (TPSA) is 95.7 Å². The first-order chi connectivity index (χ1) is 7.53. The molecule has 0 unspecified atom stereocenters. The van der Waals surface area contributed by atoms with E-state index in [-0.39, 0.29) is 0 Å². The molecule has 0 bridgehead atoms. The molecule has 90 valence electrons. The number of likely N-dealkylation sites (tertiary alicyclic amines) is 1. The molecule has 16 heavy (non-hydrogen) atoms. The second-order valence-corrected chi connectivity index (χ2v) is 4.64. The Hall–Kier alpha value is -1.30. The molecule has 0 radical (unpaired) electrons. The van der Waals surface area contributed by atoms with Crippen molar-refractivity contribution < 1.29 is 14.7 Å². The van der Waals surface area contributed by atoms with Crippen molar-refractivity contribution >= 4 is 12.0 Å². The van der Waals surface area contributed by atoms with Crippen LogP contribution in [-0.4, -0.2) is 46.7 Å². The number of nitrogens with one attached hydrogen (secondary N) is 1. The molecule has 2 amide bonds. The summed E-state index contributed by atoms with van der Waals surface area (Å²) in [7, 11) is 0. The molecule has 0 aromatic carbocycles. The Morgan fingerprint density at radius 2 is 1.88 bits per heavy atom. The van der Waals surface area contributed by atoms with Crippen molar-refractivity contribution in [1.29, 1.82) is 0 Å². The maximum atomic E-state index is 11.4. The largest absolute Gasteiger partial charge is 0.465 e. The standard InChI is InChI=1S/C10H17N3O3/c11-8(14)10(12-9(15)16)3-5-13(6-4-10)7-1-2-7/h7,12H,1-6H2,(H2,11,14)(H,15,16). The monoisotopic (exact) mass is 227 g/mol. The third-order valence-electron chi connectivity index (χ3n) is 3.53. The second-order valence-electron chi connectivity index (χ2n) is 4.64. The first-order valence-electron chi connectivity index (χ1n) is 5.58. The Bertz CT molecular complexity index is 306. The molecule has 1 aliphatic heterocycles. The molecule has 0 aromatic rings. The van der Waals surface area contributed by atoms with Gasteiger partial charge >= 0.3 is 6.09 Å². The van der Waals surface area contributed by atoms with Crippen LogP contribution >= 0.6 is 0 Å². The fourth-order valence-electron chi connectivity index (χ4n) is 2.35. The third-order valence-corrected chi connectivity index (χ3v) is 3.53. The fourth-order valence-corrected chi connectivity index (χ4v) is 2.35. The van der Waals surface area contributed by atoms with E-state index < -0.39 is 17.5 Å². The van der Waals surface area contributed by atoms with Gasteiger partial charge in [-0.15, -0.1) is 0 Å². The van der Waals surface area contributed by atoms with Gasteiger partial charge in [-0.2, -0.15) is 0 Å². The van der Waals surface area contributed by atoms with Crippen LogP contribution in [0.15, 0.2) is 0 Å². The van der Waals surface area contributed by atoms with Gasteiger partial charge in [-0.25, -0.2) is 4.79 Å². The van der Waals surface area contributed by atoms with Gasteiger partial charge in [0.25, 0.3) is 0 Å². The zero-order valence-corrected chi connectivity index (χ0v) is 9.11. The van der Waals surface area contributed by atoms with Crippen LogP contribution in [0, 0.1) is 0 Å². The van der Waals surface area contributed by atoms with Crippen molar-refractivity contribution in [2.75, 3.05) is 13.1 Å². The Kier molecular flexibility index (Phi) is 2.75.